The topological polar surface area (TPSA) is 102 Å². The van der Waals surface area contributed by atoms with Crippen LogP contribution in [0.3, 0.4) is 0 Å². The van der Waals surface area contributed by atoms with E-state index in [4.69, 9.17) is 9.47 Å². The fourth-order valence-electron chi connectivity index (χ4n) is 3.30. The summed E-state index contributed by atoms with van der Waals surface area (Å²) in [6, 6.07) is 1.88. The number of pyridine rings is 1. The molecule has 0 spiro atoms. The van der Waals surface area contributed by atoms with Crippen LogP contribution in [0.5, 0.6) is 5.88 Å². The van der Waals surface area contributed by atoms with Crippen LogP contribution in [0.1, 0.15) is 36.7 Å². The Labute approximate surface area is 182 Å². The predicted octanol–water partition coefficient (Wildman–Crippen LogP) is 2.44. The van der Waals surface area contributed by atoms with Crippen molar-refractivity contribution in [3.8, 4) is 5.88 Å². The zero-order chi connectivity index (χ0) is 22.8. The van der Waals surface area contributed by atoms with Gasteiger partial charge in [-0.25, -0.2) is 9.78 Å². The lowest BCUT2D eigenvalue weighted by Gasteiger charge is -2.36. The second-order valence-corrected chi connectivity index (χ2v) is 8.52. The van der Waals surface area contributed by atoms with E-state index < -0.39 is 5.60 Å². The molecule has 168 valence electrons. The van der Waals surface area contributed by atoms with Gasteiger partial charge in [0.05, 0.1) is 12.8 Å². The number of anilines is 2. The summed E-state index contributed by atoms with van der Waals surface area (Å²) in [5.74, 6) is 0.588. The number of hydrogen-bond donors (Lipinski definition) is 1. The molecule has 1 aliphatic rings. The first-order valence-electron chi connectivity index (χ1n) is 10.2. The summed E-state index contributed by atoms with van der Waals surface area (Å²) < 4.78 is 12.2. The molecule has 0 bridgehead atoms. The first-order valence-corrected chi connectivity index (χ1v) is 10.2. The molecule has 0 aromatic carbocycles. The molecule has 2 amide bonds. The number of carbonyl (C=O) groups is 2. The average Bonchev–Trinajstić information content (AvgIpc) is 3.08. The van der Waals surface area contributed by atoms with Gasteiger partial charge in [-0.3, -0.25) is 9.48 Å². The van der Waals surface area contributed by atoms with E-state index in [9.17, 15) is 9.59 Å². The molecule has 3 rings (SSSR count). The molecule has 10 nitrogen and oxygen atoms in total. The van der Waals surface area contributed by atoms with Crippen molar-refractivity contribution in [2.45, 2.75) is 33.3 Å². The minimum absolute atomic E-state index is 0.258. The lowest BCUT2D eigenvalue weighted by molar-refractivity contribution is 0.0240. The van der Waals surface area contributed by atoms with Crippen molar-refractivity contribution in [1.29, 1.82) is 0 Å². The molecular weight excluding hydrogens is 400 g/mol. The molecule has 1 aliphatic heterocycles. The normalized spacial score (nSPS) is 14.4. The minimum atomic E-state index is -0.530. The Morgan fingerprint density at radius 2 is 1.84 bits per heavy atom. The summed E-state index contributed by atoms with van der Waals surface area (Å²) >= 11 is 0. The van der Waals surface area contributed by atoms with E-state index in [0.29, 0.717) is 43.2 Å². The van der Waals surface area contributed by atoms with Crippen LogP contribution in [-0.2, 0) is 11.8 Å². The van der Waals surface area contributed by atoms with Gasteiger partial charge in [0.15, 0.2) is 5.82 Å². The Balaban J connectivity index is 1.74. The summed E-state index contributed by atoms with van der Waals surface area (Å²) in [7, 11) is 3.20. The molecule has 0 saturated carbocycles. The molecule has 31 heavy (non-hydrogen) atoms. The number of aromatic nitrogens is 3. The molecule has 0 aliphatic carbocycles. The van der Waals surface area contributed by atoms with Gasteiger partial charge >= 0.3 is 6.09 Å². The number of nitrogens with zero attached hydrogens (tertiary/aromatic N) is 5. The van der Waals surface area contributed by atoms with Crippen LogP contribution in [0.2, 0.25) is 0 Å². The van der Waals surface area contributed by atoms with Crippen LogP contribution in [0.4, 0.5) is 16.3 Å². The van der Waals surface area contributed by atoms with Crippen molar-refractivity contribution in [3.63, 3.8) is 0 Å². The van der Waals surface area contributed by atoms with Gasteiger partial charge < -0.3 is 24.6 Å². The fraction of sp³-hybridized carbons (Fsp3) is 0.524. The highest BCUT2D eigenvalue weighted by Gasteiger charge is 2.28. The smallest absolute Gasteiger partial charge is 0.410 e. The van der Waals surface area contributed by atoms with Crippen molar-refractivity contribution in [1.82, 2.24) is 19.7 Å². The molecule has 1 N–H and O–H groups in total. The number of carbonyl (C=O) groups excluding carboxylic acids is 2. The minimum Gasteiger partial charge on any atom is -0.479 e. The molecule has 10 heteroatoms. The van der Waals surface area contributed by atoms with E-state index in [2.05, 4.69) is 20.3 Å². The molecule has 3 heterocycles. The van der Waals surface area contributed by atoms with E-state index in [0.717, 1.165) is 5.56 Å². The van der Waals surface area contributed by atoms with Gasteiger partial charge in [0.25, 0.3) is 5.91 Å². The third-order valence-electron chi connectivity index (χ3n) is 4.72. The zero-order valence-electron chi connectivity index (χ0n) is 18.9. The van der Waals surface area contributed by atoms with Gasteiger partial charge in [-0.1, -0.05) is 0 Å². The van der Waals surface area contributed by atoms with Crippen molar-refractivity contribution in [2.24, 2.45) is 7.05 Å². The molecule has 0 radical (unpaired) electrons. The van der Waals surface area contributed by atoms with Crippen molar-refractivity contribution < 1.29 is 19.1 Å². The highest BCUT2D eigenvalue weighted by molar-refractivity contribution is 6.07. The summed E-state index contributed by atoms with van der Waals surface area (Å²) in [4.78, 5) is 33.5. The maximum absolute atomic E-state index is 12.9. The number of aryl methyl sites for hydroxylation is 2. The highest BCUT2D eigenvalue weighted by Crippen LogP contribution is 2.27. The Morgan fingerprint density at radius 3 is 2.45 bits per heavy atom. The molecule has 0 unspecified atom stereocenters. The van der Waals surface area contributed by atoms with Crippen LogP contribution < -0.4 is 15.0 Å². The second kappa shape index (κ2) is 8.83. The van der Waals surface area contributed by atoms with Crippen LogP contribution in [0.25, 0.3) is 0 Å². The lowest BCUT2D eigenvalue weighted by atomic mass is 10.2. The third-order valence-corrected chi connectivity index (χ3v) is 4.72. The van der Waals surface area contributed by atoms with Gasteiger partial charge in [-0.05, 0) is 39.3 Å². The predicted molar refractivity (Wildman–Crippen MR) is 117 cm³/mol. The largest absolute Gasteiger partial charge is 0.479 e. The first kappa shape index (κ1) is 22.4. The van der Waals surface area contributed by atoms with E-state index >= 15 is 0 Å². The Hall–Kier alpha value is -3.30. The van der Waals surface area contributed by atoms with Gasteiger partial charge in [0.1, 0.15) is 11.2 Å². The average molecular weight is 431 g/mol. The number of amides is 2. The van der Waals surface area contributed by atoms with Crippen LogP contribution in [-0.4, -0.2) is 70.6 Å². The number of hydrogen-bond acceptors (Lipinski definition) is 7. The molecular formula is C21H30N6O4. The molecule has 2 aromatic heterocycles. The third kappa shape index (κ3) is 5.44. The lowest BCUT2D eigenvalue weighted by Crippen LogP contribution is -2.50. The summed E-state index contributed by atoms with van der Waals surface area (Å²) in [6.45, 7) is 9.64. The Morgan fingerprint density at radius 1 is 1.16 bits per heavy atom. The van der Waals surface area contributed by atoms with E-state index in [-0.39, 0.29) is 17.9 Å². The van der Waals surface area contributed by atoms with Gasteiger partial charge in [-0.15, -0.1) is 5.10 Å². The molecule has 0 atom stereocenters. The monoisotopic (exact) mass is 430 g/mol. The number of methoxy groups -OCH3 is 1. The highest BCUT2D eigenvalue weighted by atomic mass is 16.6. The fourth-order valence-corrected chi connectivity index (χ4v) is 3.30. The van der Waals surface area contributed by atoms with Crippen LogP contribution >= 0.6 is 0 Å². The van der Waals surface area contributed by atoms with E-state index in [1.807, 2.05) is 33.8 Å². The number of ether oxygens (including phenoxy) is 2. The Bertz CT molecular complexity index is 957. The van der Waals surface area contributed by atoms with E-state index in [1.165, 1.54) is 11.8 Å². The van der Waals surface area contributed by atoms with E-state index in [1.54, 1.807) is 24.3 Å². The number of nitrogens with one attached hydrogen (secondary N) is 1. The van der Waals surface area contributed by atoms with Gasteiger partial charge in [-0.2, -0.15) is 0 Å². The van der Waals surface area contributed by atoms with Gasteiger partial charge in [0, 0.05) is 45.6 Å². The summed E-state index contributed by atoms with van der Waals surface area (Å²) in [6.07, 6.45) is 3.05. The number of rotatable bonds is 4. The molecule has 1 saturated heterocycles. The van der Waals surface area contributed by atoms with Crippen molar-refractivity contribution >= 4 is 23.5 Å². The summed E-state index contributed by atoms with van der Waals surface area (Å²) in [5.41, 5.74) is 1.33. The maximum atomic E-state index is 12.9. The van der Waals surface area contributed by atoms with Crippen LogP contribution in [0, 0.1) is 6.92 Å². The van der Waals surface area contributed by atoms with Crippen molar-refractivity contribution in [2.75, 3.05) is 43.5 Å². The molecule has 1 fully saturated rings. The quantitative estimate of drug-likeness (QED) is 0.795. The molecule has 2 aromatic rings. The zero-order valence-corrected chi connectivity index (χ0v) is 18.9. The van der Waals surface area contributed by atoms with Gasteiger partial charge in [0.2, 0.25) is 5.88 Å². The maximum Gasteiger partial charge on any atom is 0.410 e. The Kier molecular flexibility index (Phi) is 6.37. The van der Waals surface area contributed by atoms with Crippen LogP contribution in [0.15, 0.2) is 18.5 Å². The number of piperazine rings is 1. The standard InChI is InChI=1S/C21H30N6O4/c1-14-11-16(23-18(28)15-13-25(5)24-19(15)30-6)17(22-12-14)26-7-9-27(10-8-26)20(29)31-21(2,3)4/h11-13H,7-10H2,1-6H3,(H,23,28). The SMILES string of the molecule is COc1nn(C)cc1C(=O)Nc1cc(C)cnc1N1CCN(C(=O)OC(C)(C)C)CC1. The summed E-state index contributed by atoms with van der Waals surface area (Å²) in [5, 5.41) is 7.07. The second-order valence-electron chi connectivity index (χ2n) is 8.52. The van der Waals surface area contributed by atoms with Crippen molar-refractivity contribution in [3.05, 3.63) is 29.6 Å². The first-order chi connectivity index (χ1) is 14.6.